The van der Waals surface area contributed by atoms with Gasteiger partial charge < -0.3 is 9.47 Å². The van der Waals surface area contributed by atoms with Gasteiger partial charge in [-0.15, -0.1) is 6.58 Å². The molecule has 3 rings (SSSR count). The summed E-state index contributed by atoms with van der Waals surface area (Å²) in [4.78, 5) is 23.4. The van der Waals surface area contributed by atoms with Crippen LogP contribution in [0.3, 0.4) is 0 Å². The van der Waals surface area contributed by atoms with Crippen LogP contribution >= 0.6 is 0 Å². The molecule has 4 nitrogen and oxygen atoms in total. The van der Waals surface area contributed by atoms with E-state index in [-0.39, 0.29) is 17.9 Å². The van der Waals surface area contributed by atoms with E-state index in [1.165, 1.54) is 7.11 Å². The van der Waals surface area contributed by atoms with Crippen molar-refractivity contribution in [2.45, 2.75) is 38.2 Å². The zero-order chi connectivity index (χ0) is 13.8. The van der Waals surface area contributed by atoms with Crippen LogP contribution in [0.15, 0.2) is 24.3 Å². The average Bonchev–Trinajstić information content (AvgIpc) is 2.42. The van der Waals surface area contributed by atoms with Crippen molar-refractivity contribution >= 4 is 11.9 Å². The van der Waals surface area contributed by atoms with Crippen molar-refractivity contribution < 1.29 is 19.1 Å². The Bertz CT molecular complexity index is 410. The van der Waals surface area contributed by atoms with Crippen molar-refractivity contribution in [2.24, 2.45) is 11.8 Å². The number of methoxy groups -OCH3 is 1. The van der Waals surface area contributed by atoms with Gasteiger partial charge in [0.05, 0.1) is 18.6 Å². The Balaban J connectivity index is 2.00. The maximum atomic E-state index is 11.8. The molecular formula is C15H20O4. The van der Waals surface area contributed by atoms with Gasteiger partial charge in [-0.3, -0.25) is 4.79 Å². The molecule has 2 bridgehead atoms. The third-order valence-corrected chi connectivity index (χ3v) is 3.92. The monoisotopic (exact) mass is 264 g/mol. The first-order valence-electron chi connectivity index (χ1n) is 6.78. The molecule has 0 spiro atoms. The van der Waals surface area contributed by atoms with Crippen LogP contribution in [0.5, 0.6) is 0 Å². The highest BCUT2D eigenvalue weighted by molar-refractivity contribution is 5.93. The molecule has 0 radical (unpaired) electrons. The van der Waals surface area contributed by atoms with Gasteiger partial charge in [0.1, 0.15) is 6.10 Å². The molecule has 2 heterocycles. The third-order valence-electron chi connectivity index (χ3n) is 3.92. The van der Waals surface area contributed by atoms with Gasteiger partial charge in [-0.2, -0.15) is 0 Å². The summed E-state index contributed by atoms with van der Waals surface area (Å²) >= 11 is 0. The number of esters is 2. The molecular weight excluding hydrogens is 244 g/mol. The van der Waals surface area contributed by atoms with Crippen molar-refractivity contribution in [3.63, 3.8) is 0 Å². The Morgan fingerprint density at radius 3 is 3.00 bits per heavy atom. The second-order valence-corrected chi connectivity index (χ2v) is 5.13. The molecule has 1 fully saturated rings. The number of unbranched alkanes of at least 4 members (excludes halogenated alkanes) is 2. The molecule has 0 aromatic rings. The van der Waals surface area contributed by atoms with E-state index in [1.807, 2.05) is 6.08 Å². The highest BCUT2D eigenvalue weighted by Gasteiger charge is 2.45. The summed E-state index contributed by atoms with van der Waals surface area (Å²) in [6.07, 6.45) is 8.18. The Labute approximate surface area is 113 Å². The smallest absolute Gasteiger partial charge is 0.337 e. The summed E-state index contributed by atoms with van der Waals surface area (Å²) < 4.78 is 9.97. The van der Waals surface area contributed by atoms with Gasteiger partial charge in [0.2, 0.25) is 0 Å². The second kappa shape index (κ2) is 6.04. The first-order chi connectivity index (χ1) is 9.17. The predicted molar refractivity (Wildman–Crippen MR) is 70.2 cm³/mol. The summed E-state index contributed by atoms with van der Waals surface area (Å²) in [7, 11) is 1.35. The van der Waals surface area contributed by atoms with Gasteiger partial charge in [-0.05, 0) is 31.6 Å². The zero-order valence-electron chi connectivity index (χ0n) is 11.3. The number of fused-ring (bicyclic) bond motifs is 2. The van der Waals surface area contributed by atoms with Crippen LogP contribution in [-0.2, 0) is 19.1 Å². The maximum Gasteiger partial charge on any atom is 0.337 e. The molecule has 19 heavy (non-hydrogen) atoms. The molecule has 0 unspecified atom stereocenters. The summed E-state index contributed by atoms with van der Waals surface area (Å²) in [6.45, 7) is 3.70. The van der Waals surface area contributed by atoms with Crippen molar-refractivity contribution in [1.29, 1.82) is 0 Å². The third kappa shape index (κ3) is 2.88. The lowest BCUT2D eigenvalue weighted by molar-refractivity contribution is -0.164. The number of ether oxygens (including phenoxy) is 2. The summed E-state index contributed by atoms with van der Waals surface area (Å²) in [5, 5.41) is 0. The van der Waals surface area contributed by atoms with Crippen LogP contribution < -0.4 is 0 Å². The largest absolute Gasteiger partial charge is 0.466 e. The molecule has 0 amide bonds. The lowest BCUT2D eigenvalue weighted by Crippen LogP contribution is -2.44. The summed E-state index contributed by atoms with van der Waals surface area (Å²) in [5.74, 6) is -0.558. The average molecular weight is 264 g/mol. The summed E-state index contributed by atoms with van der Waals surface area (Å²) in [6, 6.07) is 0. The fourth-order valence-electron chi connectivity index (χ4n) is 2.89. The fourth-order valence-corrected chi connectivity index (χ4v) is 2.89. The van der Waals surface area contributed by atoms with Gasteiger partial charge >= 0.3 is 11.9 Å². The van der Waals surface area contributed by atoms with E-state index in [2.05, 4.69) is 6.58 Å². The van der Waals surface area contributed by atoms with E-state index in [4.69, 9.17) is 9.47 Å². The zero-order valence-corrected chi connectivity index (χ0v) is 11.3. The molecule has 1 aliphatic carbocycles. The topological polar surface area (TPSA) is 52.6 Å². The van der Waals surface area contributed by atoms with Crippen LogP contribution in [-0.4, -0.2) is 25.2 Å². The van der Waals surface area contributed by atoms with Gasteiger partial charge in [0, 0.05) is 0 Å². The minimum Gasteiger partial charge on any atom is -0.466 e. The van der Waals surface area contributed by atoms with E-state index in [1.54, 1.807) is 6.08 Å². The van der Waals surface area contributed by atoms with E-state index >= 15 is 0 Å². The Morgan fingerprint density at radius 1 is 1.58 bits per heavy atom. The number of carbonyl (C=O) groups excluding carboxylic acids is 2. The quantitative estimate of drug-likeness (QED) is 0.420. The fraction of sp³-hybridized carbons (Fsp3) is 0.600. The first-order valence-corrected chi connectivity index (χ1v) is 6.78. The lowest BCUT2D eigenvalue weighted by atomic mass is 9.74. The normalized spacial score (nSPS) is 28.6. The van der Waals surface area contributed by atoms with Gasteiger partial charge in [0.15, 0.2) is 0 Å². The Kier molecular flexibility index (Phi) is 4.40. The standard InChI is InChI=1S/C15H20O4/c1-3-4-5-6-7-10-8-13-12(14(16)18-2)9-11(10)15(17)19-13/h3,9-11,13H,1,4-8H2,2H3/t10-,11+,13+/m1/s1. The number of allylic oxidation sites excluding steroid dienone is 1. The van der Waals surface area contributed by atoms with Crippen LogP contribution in [0, 0.1) is 11.8 Å². The highest BCUT2D eigenvalue weighted by atomic mass is 16.6. The molecule has 3 atom stereocenters. The minimum atomic E-state index is -0.408. The minimum absolute atomic E-state index is 0.197. The van der Waals surface area contributed by atoms with Crippen molar-refractivity contribution in [3.8, 4) is 0 Å². The Morgan fingerprint density at radius 2 is 2.37 bits per heavy atom. The van der Waals surface area contributed by atoms with E-state index in [0.717, 1.165) is 32.1 Å². The highest BCUT2D eigenvalue weighted by Crippen LogP contribution is 2.40. The second-order valence-electron chi connectivity index (χ2n) is 5.13. The number of carbonyl (C=O) groups is 2. The van der Waals surface area contributed by atoms with Crippen LogP contribution in [0.25, 0.3) is 0 Å². The predicted octanol–water partition coefficient (Wildman–Crippen LogP) is 2.39. The van der Waals surface area contributed by atoms with Crippen LogP contribution in [0.4, 0.5) is 0 Å². The van der Waals surface area contributed by atoms with Crippen molar-refractivity contribution in [2.75, 3.05) is 7.11 Å². The molecule has 4 heteroatoms. The van der Waals surface area contributed by atoms with E-state index in [9.17, 15) is 9.59 Å². The molecule has 2 aliphatic heterocycles. The lowest BCUT2D eigenvalue weighted by Gasteiger charge is -2.39. The van der Waals surface area contributed by atoms with Crippen LogP contribution in [0.2, 0.25) is 0 Å². The maximum absolute atomic E-state index is 11.8. The van der Waals surface area contributed by atoms with Gasteiger partial charge in [-0.25, -0.2) is 4.79 Å². The van der Waals surface area contributed by atoms with E-state index < -0.39 is 6.10 Å². The molecule has 0 aromatic heterocycles. The number of hydrogen-bond acceptors (Lipinski definition) is 4. The van der Waals surface area contributed by atoms with Crippen LogP contribution in [0.1, 0.15) is 32.1 Å². The molecule has 3 aliphatic rings. The molecule has 0 aromatic carbocycles. The van der Waals surface area contributed by atoms with Gasteiger partial charge in [-0.1, -0.05) is 18.6 Å². The van der Waals surface area contributed by atoms with Gasteiger partial charge in [0.25, 0.3) is 0 Å². The number of hydrogen-bond donors (Lipinski definition) is 0. The molecule has 1 saturated heterocycles. The molecule has 0 saturated carbocycles. The molecule has 104 valence electrons. The van der Waals surface area contributed by atoms with Crippen molar-refractivity contribution in [3.05, 3.63) is 24.3 Å². The SMILES string of the molecule is C=CCCCC[C@@H]1C[C@@H]2OC(=O)[C@H]1C=C2C(=O)OC. The Hall–Kier alpha value is -1.58. The van der Waals surface area contributed by atoms with Crippen molar-refractivity contribution in [1.82, 2.24) is 0 Å². The molecule has 0 N–H and O–H groups in total. The first kappa shape index (κ1) is 13.8. The summed E-state index contributed by atoms with van der Waals surface area (Å²) in [5.41, 5.74) is 0.509. The van der Waals surface area contributed by atoms with E-state index in [0.29, 0.717) is 11.5 Å². The number of rotatable bonds is 6.